The van der Waals surface area contributed by atoms with Crippen LogP contribution in [0.5, 0.6) is 11.5 Å². The van der Waals surface area contributed by atoms with Crippen molar-refractivity contribution in [2.24, 2.45) is 0 Å². The molecule has 1 atom stereocenters. The lowest BCUT2D eigenvalue weighted by atomic mass is 10.3. The highest BCUT2D eigenvalue weighted by atomic mass is 32.2. The first-order valence-electron chi connectivity index (χ1n) is 6.95. The minimum Gasteiger partial charge on any atom is -0.748 e. The van der Waals surface area contributed by atoms with Crippen molar-refractivity contribution in [1.82, 2.24) is 5.32 Å². The number of thiophene rings is 1. The minimum absolute atomic E-state index is 0.127. The number of H-pyrrole nitrogens is 1. The van der Waals surface area contributed by atoms with E-state index in [0.717, 1.165) is 5.75 Å². The topological polar surface area (TPSA) is 102 Å². The SMILES string of the molecule is O=S(=O)([O-])CCNCC1COc2cscc2O1.c1cc[nH+]cc1. The Hall–Kier alpha value is -1.68. The summed E-state index contributed by atoms with van der Waals surface area (Å²) in [6, 6.07) is 5.86. The quantitative estimate of drug-likeness (QED) is 0.618. The summed E-state index contributed by atoms with van der Waals surface area (Å²) < 4.78 is 42.1. The summed E-state index contributed by atoms with van der Waals surface area (Å²) in [7, 11) is -4.15. The van der Waals surface area contributed by atoms with Gasteiger partial charge in [-0.15, -0.1) is 11.3 Å². The summed E-state index contributed by atoms with van der Waals surface area (Å²) >= 11 is 1.50. The molecule has 1 unspecified atom stereocenters. The van der Waals surface area contributed by atoms with E-state index in [1.54, 1.807) is 0 Å². The third-order valence-electron chi connectivity index (χ3n) is 2.82. The Balaban J connectivity index is 0.000000268. The molecule has 1 aliphatic rings. The van der Waals surface area contributed by atoms with E-state index < -0.39 is 15.9 Å². The average Bonchev–Trinajstić information content (AvgIpc) is 3.01. The molecular formula is C14H18N2O5S2. The van der Waals surface area contributed by atoms with Crippen LogP contribution in [0.25, 0.3) is 0 Å². The molecule has 3 heterocycles. The van der Waals surface area contributed by atoms with E-state index in [0.29, 0.717) is 18.9 Å². The number of rotatable bonds is 5. The van der Waals surface area contributed by atoms with Crippen LogP contribution in [-0.2, 0) is 10.1 Å². The normalized spacial score (nSPS) is 16.3. The van der Waals surface area contributed by atoms with Gasteiger partial charge in [0.15, 0.2) is 23.9 Å². The lowest BCUT2D eigenvalue weighted by molar-refractivity contribution is -0.377. The van der Waals surface area contributed by atoms with Crippen molar-refractivity contribution in [3.8, 4) is 11.5 Å². The van der Waals surface area contributed by atoms with Gasteiger partial charge in [-0.3, -0.25) is 0 Å². The van der Waals surface area contributed by atoms with Crippen LogP contribution in [0.15, 0.2) is 41.4 Å². The molecule has 0 radical (unpaired) electrons. The fraction of sp³-hybridized carbons (Fsp3) is 0.357. The van der Waals surface area contributed by atoms with Crippen molar-refractivity contribution in [2.45, 2.75) is 6.10 Å². The van der Waals surface area contributed by atoms with Crippen molar-refractivity contribution in [3.05, 3.63) is 41.4 Å². The molecule has 0 saturated carbocycles. The summed E-state index contributed by atoms with van der Waals surface area (Å²) in [5.41, 5.74) is 0. The van der Waals surface area contributed by atoms with Gasteiger partial charge >= 0.3 is 0 Å². The van der Waals surface area contributed by atoms with Crippen LogP contribution in [0.2, 0.25) is 0 Å². The van der Waals surface area contributed by atoms with Gasteiger partial charge in [0.1, 0.15) is 12.7 Å². The predicted molar refractivity (Wildman–Crippen MR) is 84.7 cm³/mol. The number of nitrogens with one attached hydrogen (secondary N) is 2. The lowest BCUT2D eigenvalue weighted by Gasteiger charge is -2.24. The van der Waals surface area contributed by atoms with Crippen LogP contribution in [0.4, 0.5) is 0 Å². The molecule has 0 aliphatic carbocycles. The molecule has 1 aliphatic heterocycles. The summed E-state index contributed by atoms with van der Waals surface area (Å²) in [6.07, 6.45) is 3.59. The molecule has 2 aromatic rings. The van der Waals surface area contributed by atoms with Crippen LogP contribution >= 0.6 is 11.3 Å². The molecule has 2 aromatic heterocycles. The first kappa shape index (κ1) is 17.7. The largest absolute Gasteiger partial charge is 0.748 e. The van der Waals surface area contributed by atoms with Gasteiger partial charge in [0, 0.05) is 36.0 Å². The average molecular weight is 358 g/mol. The van der Waals surface area contributed by atoms with Gasteiger partial charge in [-0.2, -0.15) is 0 Å². The number of hydrogen-bond acceptors (Lipinski definition) is 7. The van der Waals surface area contributed by atoms with Crippen LogP contribution in [-0.4, -0.2) is 44.5 Å². The molecule has 126 valence electrons. The summed E-state index contributed by atoms with van der Waals surface area (Å²) in [4.78, 5) is 2.89. The van der Waals surface area contributed by atoms with Gasteiger partial charge in [0.05, 0.1) is 15.9 Å². The molecule has 7 nitrogen and oxygen atoms in total. The van der Waals surface area contributed by atoms with Gasteiger partial charge in [0.25, 0.3) is 0 Å². The monoisotopic (exact) mass is 358 g/mol. The van der Waals surface area contributed by atoms with Crippen LogP contribution in [0.1, 0.15) is 0 Å². The highest BCUT2D eigenvalue weighted by Crippen LogP contribution is 2.34. The van der Waals surface area contributed by atoms with E-state index in [4.69, 9.17) is 9.47 Å². The Bertz CT molecular complexity index is 649. The molecule has 3 rings (SSSR count). The van der Waals surface area contributed by atoms with Crippen molar-refractivity contribution in [3.63, 3.8) is 0 Å². The Morgan fingerprint density at radius 1 is 1.26 bits per heavy atom. The minimum atomic E-state index is -4.15. The van der Waals surface area contributed by atoms with E-state index in [2.05, 4.69) is 10.3 Å². The fourth-order valence-corrected chi connectivity index (χ4v) is 2.83. The van der Waals surface area contributed by atoms with Gasteiger partial charge in [0.2, 0.25) is 0 Å². The highest BCUT2D eigenvalue weighted by Gasteiger charge is 2.21. The Morgan fingerprint density at radius 3 is 2.61 bits per heavy atom. The highest BCUT2D eigenvalue weighted by molar-refractivity contribution is 7.85. The fourth-order valence-electron chi connectivity index (χ4n) is 1.76. The van der Waals surface area contributed by atoms with Gasteiger partial charge in [-0.1, -0.05) is 6.07 Å². The Kier molecular flexibility index (Phi) is 6.78. The van der Waals surface area contributed by atoms with E-state index >= 15 is 0 Å². The standard InChI is InChI=1S/C9H13NO5S2.C5H5N/c11-17(12,13)2-1-10-3-7-4-14-8-5-16-6-9(8)15-7;1-2-4-6-5-3-1/h5-7,10H,1-4H2,(H,11,12,13);1-5H. The molecule has 0 amide bonds. The van der Waals surface area contributed by atoms with E-state index in [-0.39, 0.29) is 12.6 Å². The molecular weight excluding hydrogens is 340 g/mol. The summed E-state index contributed by atoms with van der Waals surface area (Å²) in [5, 5.41) is 6.57. The zero-order valence-electron chi connectivity index (χ0n) is 12.3. The first-order chi connectivity index (χ1) is 11.0. The Labute approximate surface area is 139 Å². The van der Waals surface area contributed by atoms with Crippen LogP contribution in [0.3, 0.4) is 0 Å². The maximum Gasteiger partial charge on any atom is 0.172 e. The number of fused-ring (bicyclic) bond motifs is 1. The van der Waals surface area contributed by atoms with Crippen molar-refractivity contribution in [2.75, 3.05) is 25.4 Å². The van der Waals surface area contributed by atoms with Crippen LogP contribution < -0.4 is 19.8 Å². The lowest BCUT2D eigenvalue weighted by Crippen LogP contribution is -2.39. The smallest absolute Gasteiger partial charge is 0.172 e. The predicted octanol–water partition coefficient (Wildman–Crippen LogP) is 0.523. The second-order valence-electron chi connectivity index (χ2n) is 4.69. The summed E-state index contributed by atoms with van der Waals surface area (Å²) in [6.45, 7) is 0.994. The zero-order chi connectivity index (χ0) is 16.5. The number of ether oxygens (including phenoxy) is 2. The number of pyridine rings is 1. The van der Waals surface area contributed by atoms with Crippen LogP contribution in [0, 0.1) is 0 Å². The molecule has 0 spiro atoms. The van der Waals surface area contributed by atoms with E-state index in [1.807, 2.05) is 41.4 Å². The van der Waals surface area contributed by atoms with Gasteiger partial charge < -0.3 is 19.3 Å². The van der Waals surface area contributed by atoms with Crippen molar-refractivity contribution >= 4 is 21.5 Å². The van der Waals surface area contributed by atoms with Gasteiger partial charge in [-0.05, 0) is 0 Å². The number of hydrogen-bond donors (Lipinski definition) is 1. The molecule has 23 heavy (non-hydrogen) atoms. The second kappa shape index (κ2) is 8.82. The molecule has 2 N–H and O–H groups in total. The van der Waals surface area contributed by atoms with Gasteiger partial charge in [-0.25, -0.2) is 13.4 Å². The summed E-state index contributed by atoms with van der Waals surface area (Å²) in [5.74, 6) is 1.04. The molecule has 9 heteroatoms. The maximum absolute atomic E-state index is 10.4. The molecule has 0 saturated heterocycles. The Morgan fingerprint density at radius 2 is 2.00 bits per heavy atom. The number of aromatic nitrogens is 1. The zero-order valence-corrected chi connectivity index (χ0v) is 13.9. The van der Waals surface area contributed by atoms with Crippen molar-refractivity contribution < 1.29 is 27.4 Å². The molecule has 0 aromatic carbocycles. The maximum atomic E-state index is 10.4. The van der Waals surface area contributed by atoms with E-state index in [9.17, 15) is 13.0 Å². The second-order valence-corrected chi connectivity index (χ2v) is 6.96. The third kappa shape index (κ3) is 6.95. The molecule has 0 bridgehead atoms. The number of aromatic amines is 1. The first-order valence-corrected chi connectivity index (χ1v) is 9.47. The third-order valence-corrected chi connectivity index (χ3v) is 4.22. The van der Waals surface area contributed by atoms with Crippen molar-refractivity contribution in [1.29, 1.82) is 0 Å². The molecule has 0 fully saturated rings. The van der Waals surface area contributed by atoms with E-state index in [1.165, 1.54) is 11.3 Å².